The smallest absolute Gasteiger partial charge is 0.450 e. The molecule has 81 valence electrons. The van der Waals surface area contributed by atoms with E-state index in [1.54, 1.807) is 0 Å². The molecule has 4 nitrogen and oxygen atoms in total. The largest absolute Gasteiger partial charge is 0.503 e. The van der Waals surface area contributed by atoms with Gasteiger partial charge in [-0.15, -0.1) is 0 Å². The summed E-state index contributed by atoms with van der Waals surface area (Å²) in [4.78, 5) is 12.7. The SMILES string of the molecule is O=C(O)O.[Co].c1ccc2ncccc2c1. The van der Waals surface area contributed by atoms with Crippen molar-refractivity contribution in [2.75, 3.05) is 0 Å². The number of hydrogen-bond acceptors (Lipinski definition) is 2. The van der Waals surface area contributed by atoms with E-state index in [0.717, 1.165) is 5.52 Å². The molecule has 0 saturated carbocycles. The molecule has 15 heavy (non-hydrogen) atoms. The number of aromatic nitrogens is 1. The van der Waals surface area contributed by atoms with Crippen molar-refractivity contribution in [1.29, 1.82) is 0 Å². The summed E-state index contributed by atoms with van der Waals surface area (Å²) >= 11 is 0. The van der Waals surface area contributed by atoms with Gasteiger partial charge in [0.2, 0.25) is 0 Å². The topological polar surface area (TPSA) is 70.4 Å². The predicted molar refractivity (Wildman–Crippen MR) is 52.4 cm³/mol. The van der Waals surface area contributed by atoms with Crippen LogP contribution in [0.4, 0.5) is 4.79 Å². The van der Waals surface area contributed by atoms with Crippen molar-refractivity contribution in [1.82, 2.24) is 4.98 Å². The van der Waals surface area contributed by atoms with Crippen molar-refractivity contribution in [3.8, 4) is 0 Å². The Morgan fingerprint density at radius 1 is 1.07 bits per heavy atom. The quantitative estimate of drug-likeness (QED) is 0.753. The molecule has 0 spiro atoms. The van der Waals surface area contributed by atoms with Crippen LogP contribution in [0.15, 0.2) is 42.6 Å². The minimum absolute atomic E-state index is 0. The van der Waals surface area contributed by atoms with Gasteiger partial charge >= 0.3 is 6.16 Å². The molecule has 5 heteroatoms. The molecule has 2 rings (SSSR count). The Hall–Kier alpha value is -1.59. The average molecular weight is 250 g/mol. The maximum absolute atomic E-state index is 8.56. The summed E-state index contributed by atoms with van der Waals surface area (Å²) in [6.45, 7) is 0. The molecule has 1 aromatic heterocycles. The van der Waals surface area contributed by atoms with E-state index < -0.39 is 6.16 Å². The van der Waals surface area contributed by atoms with Gasteiger partial charge in [-0.25, -0.2) is 4.79 Å². The van der Waals surface area contributed by atoms with Crippen LogP contribution in [0.2, 0.25) is 0 Å². The van der Waals surface area contributed by atoms with Gasteiger partial charge in [-0.3, -0.25) is 4.98 Å². The number of carboxylic acid groups (broad SMARTS) is 2. The summed E-state index contributed by atoms with van der Waals surface area (Å²) in [7, 11) is 0. The molecule has 1 aromatic carbocycles. The van der Waals surface area contributed by atoms with E-state index in [0.29, 0.717) is 0 Å². The van der Waals surface area contributed by atoms with Crippen LogP contribution in [0.1, 0.15) is 0 Å². The summed E-state index contributed by atoms with van der Waals surface area (Å²) in [5.74, 6) is 0. The second-order valence-corrected chi connectivity index (χ2v) is 2.48. The molecular formula is C10H9CoNO3. The van der Waals surface area contributed by atoms with Crippen molar-refractivity contribution in [3.63, 3.8) is 0 Å². The first kappa shape index (κ1) is 13.4. The first-order valence-corrected chi connectivity index (χ1v) is 3.92. The Morgan fingerprint density at radius 3 is 2.20 bits per heavy atom. The fraction of sp³-hybridized carbons (Fsp3) is 0. The minimum Gasteiger partial charge on any atom is -0.450 e. The molecule has 2 aromatic rings. The maximum atomic E-state index is 8.56. The van der Waals surface area contributed by atoms with Gasteiger partial charge in [-0.2, -0.15) is 0 Å². The number of para-hydroxylation sites is 1. The number of carbonyl (C=O) groups is 1. The third-order valence-electron chi connectivity index (χ3n) is 1.51. The Labute approximate surface area is 96.8 Å². The van der Waals surface area contributed by atoms with E-state index in [2.05, 4.69) is 17.1 Å². The van der Waals surface area contributed by atoms with Gasteiger partial charge in [0.25, 0.3) is 0 Å². The van der Waals surface area contributed by atoms with Crippen molar-refractivity contribution in [2.45, 2.75) is 0 Å². The third kappa shape index (κ3) is 4.99. The molecule has 0 saturated heterocycles. The summed E-state index contributed by atoms with van der Waals surface area (Å²) in [6.07, 6.45) is -0.0255. The molecule has 0 atom stereocenters. The van der Waals surface area contributed by atoms with Crippen LogP contribution < -0.4 is 0 Å². The number of benzene rings is 1. The monoisotopic (exact) mass is 250 g/mol. The first-order valence-electron chi connectivity index (χ1n) is 3.92. The molecule has 0 aliphatic rings. The van der Waals surface area contributed by atoms with Crippen molar-refractivity contribution < 1.29 is 31.8 Å². The Morgan fingerprint density at radius 2 is 1.60 bits per heavy atom. The third-order valence-corrected chi connectivity index (χ3v) is 1.51. The summed E-state index contributed by atoms with van der Waals surface area (Å²) < 4.78 is 0. The van der Waals surface area contributed by atoms with E-state index in [4.69, 9.17) is 15.0 Å². The zero-order valence-electron chi connectivity index (χ0n) is 7.62. The fourth-order valence-corrected chi connectivity index (χ4v) is 1.02. The number of fused-ring (bicyclic) bond motifs is 1. The van der Waals surface area contributed by atoms with Gasteiger partial charge in [0.1, 0.15) is 0 Å². The van der Waals surface area contributed by atoms with Gasteiger partial charge < -0.3 is 10.2 Å². The molecule has 0 aliphatic heterocycles. The number of rotatable bonds is 0. The van der Waals surface area contributed by atoms with Gasteiger partial charge in [-0.1, -0.05) is 24.3 Å². The van der Waals surface area contributed by atoms with Crippen LogP contribution in [-0.2, 0) is 16.8 Å². The minimum atomic E-state index is -1.83. The van der Waals surface area contributed by atoms with Crippen LogP contribution >= 0.6 is 0 Å². The molecule has 1 heterocycles. The molecule has 1 radical (unpaired) electrons. The van der Waals surface area contributed by atoms with E-state index in [-0.39, 0.29) is 16.8 Å². The van der Waals surface area contributed by atoms with E-state index in [1.165, 1.54) is 5.39 Å². The first-order chi connectivity index (χ1) is 6.70. The van der Waals surface area contributed by atoms with Crippen molar-refractivity contribution >= 4 is 17.1 Å². The predicted octanol–water partition coefficient (Wildman–Crippen LogP) is 2.45. The van der Waals surface area contributed by atoms with E-state index in [1.807, 2.05) is 30.5 Å². The molecule has 0 bridgehead atoms. The van der Waals surface area contributed by atoms with Crippen LogP contribution in [0.25, 0.3) is 10.9 Å². The molecule has 2 N–H and O–H groups in total. The Bertz CT molecular complexity index is 364. The second kappa shape index (κ2) is 6.80. The normalized spacial score (nSPS) is 8.27. The van der Waals surface area contributed by atoms with Crippen LogP contribution in [-0.4, -0.2) is 21.4 Å². The van der Waals surface area contributed by atoms with E-state index >= 15 is 0 Å². The fourth-order valence-electron chi connectivity index (χ4n) is 1.02. The average Bonchev–Trinajstić information content (AvgIpc) is 2.17. The van der Waals surface area contributed by atoms with Gasteiger partial charge in [0, 0.05) is 28.4 Å². The van der Waals surface area contributed by atoms with Gasteiger partial charge in [-0.05, 0) is 12.1 Å². The zero-order valence-corrected chi connectivity index (χ0v) is 8.67. The number of nitrogens with zero attached hydrogens (tertiary/aromatic N) is 1. The number of hydrogen-bond donors (Lipinski definition) is 2. The van der Waals surface area contributed by atoms with E-state index in [9.17, 15) is 0 Å². The standard InChI is InChI=1S/C9H7N.CH2O3.Co/c1-2-6-9-8(4-1)5-3-7-10-9;2-1(3)4;/h1-7H;(H2,2,3,4);. The van der Waals surface area contributed by atoms with Gasteiger partial charge in [0.15, 0.2) is 0 Å². The zero-order chi connectivity index (χ0) is 10.4. The Balaban J connectivity index is 0.000000346. The van der Waals surface area contributed by atoms with Crippen LogP contribution in [0, 0.1) is 0 Å². The maximum Gasteiger partial charge on any atom is 0.503 e. The molecular weight excluding hydrogens is 241 g/mol. The Kier molecular flexibility index (Phi) is 6.08. The second-order valence-electron chi connectivity index (χ2n) is 2.48. The molecule has 0 amide bonds. The molecule has 0 fully saturated rings. The van der Waals surface area contributed by atoms with Crippen LogP contribution in [0.3, 0.4) is 0 Å². The summed E-state index contributed by atoms with van der Waals surface area (Å²) in [5.41, 5.74) is 1.06. The summed E-state index contributed by atoms with van der Waals surface area (Å²) in [5, 5.41) is 15.1. The van der Waals surface area contributed by atoms with Crippen molar-refractivity contribution in [3.05, 3.63) is 42.6 Å². The molecule has 0 aliphatic carbocycles. The molecule has 0 unspecified atom stereocenters. The van der Waals surface area contributed by atoms with Crippen LogP contribution in [0.5, 0.6) is 0 Å². The number of pyridine rings is 1. The summed E-state index contributed by atoms with van der Waals surface area (Å²) in [6, 6.07) is 12.1. The van der Waals surface area contributed by atoms with Gasteiger partial charge in [0.05, 0.1) is 5.52 Å². The van der Waals surface area contributed by atoms with Crippen molar-refractivity contribution in [2.24, 2.45) is 0 Å².